The van der Waals surface area contributed by atoms with Crippen LogP contribution in [0.1, 0.15) is 52.0 Å². The van der Waals surface area contributed by atoms with Gasteiger partial charge in [-0.3, -0.25) is 4.90 Å². The first kappa shape index (κ1) is 23.5. The summed E-state index contributed by atoms with van der Waals surface area (Å²) >= 11 is 7.26. The number of halogens is 1. The van der Waals surface area contributed by atoms with Crippen LogP contribution in [0.25, 0.3) is 5.57 Å². The SMILES string of the molecule is COC(=O)N1c2ccccc2C2=C(Cl)[C@]3(CO[Si](C)(C)C(C)(C)C)CC[C@@]21[C@H](CC=O)C3. The summed E-state index contributed by atoms with van der Waals surface area (Å²) in [6.45, 7) is 11.8. The molecule has 1 aromatic rings. The second-order valence-corrected chi connectivity index (χ2v) is 16.3. The van der Waals surface area contributed by atoms with Crippen molar-refractivity contribution in [3.63, 3.8) is 0 Å². The summed E-state index contributed by atoms with van der Waals surface area (Å²) in [5.41, 5.74) is 1.79. The molecule has 1 saturated carbocycles. The van der Waals surface area contributed by atoms with Gasteiger partial charge in [0.1, 0.15) is 6.29 Å². The molecule has 0 N–H and O–H groups in total. The number of fused-ring (bicyclic) bond motifs is 3. The Morgan fingerprint density at radius 3 is 2.59 bits per heavy atom. The zero-order valence-corrected chi connectivity index (χ0v) is 21.7. The van der Waals surface area contributed by atoms with E-state index in [2.05, 4.69) is 33.9 Å². The number of anilines is 1. The monoisotopic (exact) mass is 475 g/mol. The number of benzene rings is 1. The highest BCUT2D eigenvalue weighted by atomic mass is 35.5. The molecule has 2 bridgehead atoms. The first-order chi connectivity index (χ1) is 14.9. The molecule has 0 radical (unpaired) electrons. The van der Waals surface area contributed by atoms with Crippen molar-refractivity contribution in [3.8, 4) is 0 Å². The highest BCUT2D eigenvalue weighted by molar-refractivity contribution is 6.74. The van der Waals surface area contributed by atoms with Gasteiger partial charge in [0.25, 0.3) is 0 Å². The standard InChI is InChI=1S/C25H34ClNO4Si/c1-23(2,3)32(5,6)31-16-24-12-13-25(17(15-24)11-14-28)20(21(24)26)18-9-7-8-10-19(18)27(25)22(29)30-4/h7-10,14,17H,11-13,15-16H2,1-6H3/t17-,24-,25-/m1/s1. The van der Waals surface area contributed by atoms with Crippen LogP contribution < -0.4 is 4.90 Å². The third-order valence-electron chi connectivity index (χ3n) is 8.48. The normalized spacial score (nSPS) is 29.1. The van der Waals surface area contributed by atoms with E-state index in [1.165, 1.54) is 7.11 Å². The summed E-state index contributed by atoms with van der Waals surface area (Å²) in [6.07, 6.45) is 3.23. The number of aldehydes is 1. The Kier molecular flexibility index (Phi) is 5.67. The molecule has 5 rings (SSSR count). The lowest BCUT2D eigenvalue weighted by molar-refractivity contribution is -0.109. The summed E-state index contributed by atoms with van der Waals surface area (Å²) in [7, 11) is -0.579. The molecule has 32 heavy (non-hydrogen) atoms. The molecule has 0 unspecified atom stereocenters. The van der Waals surface area contributed by atoms with Crippen molar-refractivity contribution in [2.24, 2.45) is 11.3 Å². The van der Waals surface area contributed by atoms with E-state index in [4.69, 9.17) is 20.8 Å². The van der Waals surface area contributed by atoms with Crippen LogP contribution in [0.5, 0.6) is 0 Å². The van der Waals surface area contributed by atoms with Crippen molar-refractivity contribution in [3.05, 3.63) is 34.9 Å². The molecule has 0 saturated heterocycles. The average molecular weight is 476 g/mol. The van der Waals surface area contributed by atoms with Crippen LogP contribution >= 0.6 is 11.6 Å². The van der Waals surface area contributed by atoms with Crippen molar-refractivity contribution in [2.45, 2.75) is 70.1 Å². The zero-order chi connectivity index (χ0) is 23.5. The van der Waals surface area contributed by atoms with Crippen LogP contribution in [0.2, 0.25) is 18.1 Å². The molecule has 1 heterocycles. The van der Waals surface area contributed by atoms with Gasteiger partial charge in [-0.05, 0) is 49.4 Å². The van der Waals surface area contributed by atoms with E-state index in [0.29, 0.717) is 13.0 Å². The summed E-state index contributed by atoms with van der Waals surface area (Å²) in [5, 5.41) is 0.892. The minimum atomic E-state index is -1.98. The quantitative estimate of drug-likeness (QED) is 0.366. The van der Waals surface area contributed by atoms with Crippen LogP contribution in [-0.2, 0) is 14.0 Å². The zero-order valence-electron chi connectivity index (χ0n) is 20.0. The molecule has 3 aliphatic carbocycles. The highest BCUT2D eigenvalue weighted by Gasteiger charge is 2.66. The number of nitrogens with zero attached hydrogens (tertiary/aromatic N) is 1. The molecule has 1 spiro atoms. The van der Waals surface area contributed by atoms with Gasteiger partial charge in [0.2, 0.25) is 0 Å². The summed E-state index contributed by atoms with van der Waals surface area (Å²) in [5.74, 6) is -0.0410. The predicted molar refractivity (Wildman–Crippen MR) is 130 cm³/mol. The Bertz CT molecular complexity index is 984. The number of hydrogen-bond acceptors (Lipinski definition) is 4. The smallest absolute Gasteiger partial charge is 0.414 e. The fourth-order valence-corrected chi connectivity index (χ4v) is 7.25. The first-order valence-electron chi connectivity index (χ1n) is 11.4. The second-order valence-electron chi connectivity index (χ2n) is 11.1. The summed E-state index contributed by atoms with van der Waals surface area (Å²) < 4.78 is 11.9. The maximum absolute atomic E-state index is 13.0. The molecular weight excluding hydrogens is 442 g/mol. The van der Waals surface area contributed by atoms with Gasteiger partial charge >= 0.3 is 6.09 Å². The Hall–Kier alpha value is -1.63. The maximum atomic E-state index is 13.0. The van der Waals surface area contributed by atoms with Gasteiger partial charge in [-0.2, -0.15) is 0 Å². The summed E-state index contributed by atoms with van der Waals surface area (Å²) in [6, 6.07) is 7.87. The molecule has 4 aliphatic rings. The van der Waals surface area contributed by atoms with Crippen LogP contribution in [-0.4, -0.2) is 40.0 Å². The van der Waals surface area contributed by atoms with Crippen molar-refractivity contribution < 1.29 is 18.8 Å². The van der Waals surface area contributed by atoms with Crippen LogP contribution in [0.15, 0.2) is 29.3 Å². The molecule has 3 atom stereocenters. The fraction of sp³-hybridized carbons (Fsp3) is 0.600. The van der Waals surface area contributed by atoms with Gasteiger partial charge in [-0.25, -0.2) is 4.79 Å². The van der Waals surface area contributed by atoms with Crippen molar-refractivity contribution in [2.75, 3.05) is 18.6 Å². The number of carbonyl (C=O) groups excluding carboxylic acids is 2. The van der Waals surface area contributed by atoms with Gasteiger partial charge in [0.15, 0.2) is 8.32 Å². The van der Waals surface area contributed by atoms with Gasteiger partial charge in [0, 0.05) is 34.6 Å². The van der Waals surface area contributed by atoms with Gasteiger partial charge < -0.3 is 14.0 Å². The van der Waals surface area contributed by atoms with Gasteiger partial charge in [0.05, 0.1) is 18.3 Å². The van der Waals surface area contributed by atoms with E-state index >= 15 is 0 Å². The largest absolute Gasteiger partial charge is 0.452 e. The number of hydrogen-bond donors (Lipinski definition) is 0. The average Bonchev–Trinajstić information content (AvgIpc) is 3.04. The topological polar surface area (TPSA) is 55.8 Å². The van der Waals surface area contributed by atoms with Crippen LogP contribution in [0.4, 0.5) is 10.5 Å². The van der Waals surface area contributed by atoms with Gasteiger partial charge in [-0.15, -0.1) is 0 Å². The molecule has 1 fully saturated rings. The Labute approximate surface area is 197 Å². The Balaban J connectivity index is 1.87. The summed E-state index contributed by atoms with van der Waals surface area (Å²) in [4.78, 5) is 26.6. The molecule has 174 valence electrons. The van der Waals surface area contributed by atoms with Crippen molar-refractivity contribution in [1.82, 2.24) is 0 Å². The van der Waals surface area contributed by atoms with E-state index in [1.807, 2.05) is 24.3 Å². The Morgan fingerprint density at radius 2 is 1.97 bits per heavy atom. The predicted octanol–water partition coefficient (Wildman–Crippen LogP) is 6.37. The van der Waals surface area contributed by atoms with E-state index in [1.54, 1.807) is 4.90 Å². The Morgan fingerprint density at radius 1 is 1.28 bits per heavy atom. The highest BCUT2D eigenvalue weighted by Crippen LogP contribution is 2.68. The van der Waals surface area contributed by atoms with Crippen LogP contribution in [0, 0.1) is 11.3 Å². The third kappa shape index (κ3) is 3.13. The van der Waals surface area contributed by atoms with Crippen molar-refractivity contribution in [1.29, 1.82) is 0 Å². The lowest BCUT2D eigenvalue weighted by atomic mass is 9.53. The van der Waals surface area contributed by atoms with E-state index in [-0.39, 0.29) is 16.4 Å². The third-order valence-corrected chi connectivity index (χ3v) is 13.6. The first-order valence-corrected chi connectivity index (χ1v) is 14.7. The molecule has 1 amide bonds. The molecule has 7 heteroatoms. The number of rotatable bonds is 5. The number of carbonyl (C=O) groups is 2. The van der Waals surface area contributed by atoms with E-state index < -0.39 is 19.9 Å². The number of methoxy groups -OCH3 is 1. The minimum absolute atomic E-state index is 0.0410. The molecule has 0 aromatic heterocycles. The molecule has 1 aromatic carbocycles. The molecule has 5 nitrogen and oxygen atoms in total. The van der Waals surface area contributed by atoms with E-state index in [0.717, 1.165) is 47.4 Å². The number of amides is 1. The fourth-order valence-electron chi connectivity index (χ4n) is 5.69. The van der Waals surface area contributed by atoms with Crippen molar-refractivity contribution >= 4 is 43.6 Å². The van der Waals surface area contributed by atoms with Crippen LogP contribution in [0.3, 0.4) is 0 Å². The maximum Gasteiger partial charge on any atom is 0.414 e. The minimum Gasteiger partial charge on any atom is -0.452 e. The number of para-hydroxylation sites is 1. The molecular formula is C25H34ClNO4Si. The number of ether oxygens (including phenoxy) is 1. The lowest BCUT2D eigenvalue weighted by Gasteiger charge is -2.58. The lowest BCUT2D eigenvalue weighted by Crippen LogP contribution is -2.62. The second kappa shape index (κ2) is 7.71. The van der Waals surface area contributed by atoms with E-state index in [9.17, 15) is 9.59 Å². The van der Waals surface area contributed by atoms with Gasteiger partial charge in [-0.1, -0.05) is 50.6 Å². The molecule has 1 aliphatic heterocycles.